The first-order valence-electron chi connectivity index (χ1n) is 6.12. The van der Waals surface area contributed by atoms with Crippen molar-refractivity contribution in [1.82, 2.24) is 15.6 Å². The smallest absolute Gasteiger partial charge is 0.110 e. The van der Waals surface area contributed by atoms with Crippen LogP contribution in [0.1, 0.15) is 36.5 Å². The number of nitrogens with zero attached hydrogens (tertiary/aromatic N) is 1. The Morgan fingerprint density at radius 1 is 1.56 bits per heavy atom. The maximum atomic E-state index is 4.52. The molecular formula is C12H21N3S. The van der Waals surface area contributed by atoms with Gasteiger partial charge in [-0.1, -0.05) is 0 Å². The van der Waals surface area contributed by atoms with Crippen molar-refractivity contribution in [2.75, 3.05) is 19.6 Å². The van der Waals surface area contributed by atoms with Gasteiger partial charge in [0.1, 0.15) is 5.01 Å². The second-order valence-electron chi connectivity index (χ2n) is 4.65. The molecule has 0 aliphatic carbocycles. The number of thiazole rings is 1. The number of nitrogens with one attached hydrogen (secondary N) is 2. The third kappa shape index (κ3) is 3.27. The van der Waals surface area contributed by atoms with Gasteiger partial charge in [0.25, 0.3) is 0 Å². The minimum atomic E-state index is 0.397. The number of aryl methyl sites for hydroxylation is 1. The fourth-order valence-electron chi connectivity index (χ4n) is 2.09. The molecule has 2 heterocycles. The van der Waals surface area contributed by atoms with Crippen LogP contribution in [0.4, 0.5) is 0 Å². The van der Waals surface area contributed by atoms with E-state index in [0.29, 0.717) is 6.04 Å². The van der Waals surface area contributed by atoms with Crippen LogP contribution in [-0.4, -0.2) is 24.6 Å². The molecule has 0 aromatic carbocycles. The predicted molar refractivity (Wildman–Crippen MR) is 68.9 cm³/mol. The van der Waals surface area contributed by atoms with Crippen molar-refractivity contribution in [3.8, 4) is 0 Å². The molecule has 0 radical (unpaired) electrons. The van der Waals surface area contributed by atoms with E-state index in [2.05, 4.69) is 34.8 Å². The highest BCUT2D eigenvalue weighted by atomic mass is 32.1. The number of hydrogen-bond donors (Lipinski definition) is 2. The van der Waals surface area contributed by atoms with Crippen LogP contribution in [0.2, 0.25) is 0 Å². The number of hydrogen-bond acceptors (Lipinski definition) is 4. The number of aromatic nitrogens is 1. The molecular weight excluding hydrogens is 218 g/mol. The van der Waals surface area contributed by atoms with Gasteiger partial charge >= 0.3 is 0 Å². The molecule has 1 unspecified atom stereocenters. The van der Waals surface area contributed by atoms with Gasteiger partial charge < -0.3 is 10.6 Å². The molecule has 3 nitrogen and oxygen atoms in total. The first kappa shape index (κ1) is 12.0. The van der Waals surface area contributed by atoms with Crippen molar-refractivity contribution in [1.29, 1.82) is 0 Å². The summed E-state index contributed by atoms with van der Waals surface area (Å²) in [4.78, 5) is 4.52. The molecule has 16 heavy (non-hydrogen) atoms. The monoisotopic (exact) mass is 239 g/mol. The SMILES string of the molecule is Cc1csc(C(C)NCC2CCNCC2)n1. The van der Waals surface area contributed by atoms with Crippen LogP contribution in [0.15, 0.2) is 5.38 Å². The summed E-state index contributed by atoms with van der Waals surface area (Å²) in [5, 5.41) is 10.3. The molecule has 1 atom stereocenters. The van der Waals surface area contributed by atoms with Gasteiger partial charge in [-0.25, -0.2) is 4.98 Å². The molecule has 2 rings (SSSR count). The topological polar surface area (TPSA) is 37.0 Å². The van der Waals surface area contributed by atoms with Crippen molar-refractivity contribution in [3.63, 3.8) is 0 Å². The van der Waals surface area contributed by atoms with E-state index in [1.165, 1.54) is 30.9 Å². The van der Waals surface area contributed by atoms with Crippen molar-refractivity contribution in [2.24, 2.45) is 5.92 Å². The van der Waals surface area contributed by atoms with E-state index in [4.69, 9.17) is 0 Å². The summed E-state index contributed by atoms with van der Waals surface area (Å²) in [7, 11) is 0. The quantitative estimate of drug-likeness (QED) is 0.845. The largest absolute Gasteiger partial charge is 0.317 e. The molecule has 2 N–H and O–H groups in total. The van der Waals surface area contributed by atoms with Crippen LogP contribution in [0.5, 0.6) is 0 Å². The Kier molecular flexibility index (Phi) is 4.32. The first-order chi connectivity index (χ1) is 7.75. The van der Waals surface area contributed by atoms with Gasteiger partial charge in [0.05, 0.1) is 6.04 Å². The zero-order valence-electron chi connectivity index (χ0n) is 10.1. The van der Waals surface area contributed by atoms with Crippen LogP contribution >= 0.6 is 11.3 Å². The Morgan fingerprint density at radius 2 is 2.31 bits per heavy atom. The maximum Gasteiger partial charge on any atom is 0.110 e. The highest BCUT2D eigenvalue weighted by Gasteiger charge is 2.15. The van der Waals surface area contributed by atoms with Gasteiger partial charge in [-0.3, -0.25) is 0 Å². The Hall–Kier alpha value is -0.450. The van der Waals surface area contributed by atoms with Crippen molar-refractivity contribution in [3.05, 3.63) is 16.1 Å². The van der Waals surface area contributed by atoms with Gasteiger partial charge in [-0.05, 0) is 52.2 Å². The fraction of sp³-hybridized carbons (Fsp3) is 0.750. The summed E-state index contributed by atoms with van der Waals surface area (Å²) in [6, 6.07) is 0.397. The third-order valence-corrected chi connectivity index (χ3v) is 4.32. The van der Waals surface area contributed by atoms with Crippen molar-refractivity contribution in [2.45, 2.75) is 32.7 Å². The average Bonchev–Trinajstić information content (AvgIpc) is 2.74. The van der Waals surface area contributed by atoms with E-state index in [-0.39, 0.29) is 0 Å². The minimum Gasteiger partial charge on any atom is -0.317 e. The summed E-state index contributed by atoms with van der Waals surface area (Å²) in [6.07, 6.45) is 2.60. The second-order valence-corrected chi connectivity index (χ2v) is 5.54. The summed E-state index contributed by atoms with van der Waals surface area (Å²) >= 11 is 1.76. The molecule has 0 saturated carbocycles. The summed E-state index contributed by atoms with van der Waals surface area (Å²) in [5.41, 5.74) is 1.13. The van der Waals surface area contributed by atoms with Crippen LogP contribution < -0.4 is 10.6 Å². The van der Waals surface area contributed by atoms with Gasteiger partial charge in [0.15, 0.2) is 0 Å². The minimum absolute atomic E-state index is 0.397. The summed E-state index contributed by atoms with van der Waals surface area (Å²) in [6.45, 7) is 7.74. The summed E-state index contributed by atoms with van der Waals surface area (Å²) < 4.78 is 0. The molecule has 1 aromatic heterocycles. The van der Waals surface area contributed by atoms with Gasteiger partial charge in [0, 0.05) is 11.1 Å². The van der Waals surface area contributed by atoms with Crippen LogP contribution in [-0.2, 0) is 0 Å². The van der Waals surface area contributed by atoms with Crippen LogP contribution in [0, 0.1) is 12.8 Å². The third-order valence-electron chi connectivity index (χ3n) is 3.18. The Morgan fingerprint density at radius 3 is 2.94 bits per heavy atom. The Labute approximate surface area is 102 Å². The number of rotatable bonds is 4. The van der Waals surface area contributed by atoms with Crippen molar-refractivity contribution >= 4 is 11.3 Å². The zero-order valence-corrected chi connectivity index (χ0v) is 10.9. The Bertz CT molecular complexity index is 318. The number of piperidine rings is 1. The molecule has 1 fully saturated rings. The Balaban J connectivity index is 1.76. The molecule has 90 valence electrons. The van der Waals surface area contributed by atoms with E-state index >= 15 is 0 Å². The molecule has 1 aliphatic rings. The lowest BCUT2D eigenvalue weighted by atomic mass is 9.98. The fourth-order valence-corrected chi connectivity index (χ4v) is 2.92. The van der Waals surface area contributed by atoms with Gasteiger partial charge in [-0.2, -0.15) is 0 Å². The normalized spacial score (nSPS) is 19.9. The molecule has 0 bridgehead atoms. The van der Waals surface area contributed by atoms with Crippen molar-refractivity contribution < 1.29 is 0 Å². The molecule has 0 spiro atoms. The molecule has 1 saturated heterocycles. The van der Waals surface area contributed by atoms with Gasteiger partial charge in [0.2, 0.25) is 0 Å². The second kappa shape index (κ2) is 5.75. The highest BCUT2D eigenvalue weighted by Crippen LogP contribution is 2.18. The molecule has 1 aromatic rings. The molecule has 0 amide bonds. The molecule has 1 aliphatic heterocycles. The molecule has 4 heteroatoms. The van der Waals surface area contributed by atoms with Crippen LogP contribution in [0.3, 0.4) is 0 Å². The average molecular weight is 239 g/mol. The van der Waals surface area contributed by atoms with E-state index in [1.54, 1.807) is 11.3 Å². The predicted octanol–water partition coefficient (Wildman–Crippen LogP) is 2.10. The van der Waals surface area contributed by atoms with E-state index in [1.807, 2.05) is 0 Å². The first-order valence-corrected chi connectivity index (χ1v) is 7.00. The van der Waals surface area contributed by atoms with E-state index in [0.717, 1.165) is 18.2 Å². The van der Waals surface area contributed by atoms with E-state index < -0.39 is 0 Å². The lowest BCUT2D eigenvalue weighted by Crippen LogP contribution is -2.34. The van der Waals surface area contributed by atoms with E-state index in [9.17, 15) is 0 Å². The summed E-state index contributed by atoms with van der Waals surface area (Å²) in [5.74, 6) is 0.838. The lowest BCUT2D eigenvalue weighted by Gasteiger charge is -2.24. The van der Waals surface area contributed by atoms with Crippen LogP contribution in [0.25, 0.3) is 0 Å². The highest BCUT2D eigenvalue weighted by molar-refractivity contribution is 7.09. The van der Waals surface area contributed by atoms with Gasteiger partial charge in [-0.15, -0.1) is 11.3 Å². The zero-order chi connectivity index (χ0) is 11.4. The lowest BCUT2D eigenvalue weighted by molar-refractivity contribution is 0.344. The standard InChI is InChI=1S/C12H21N3S/c1-9-8-16-12(15-9)10(2)14-7-11-3-5-13-6-4-11/h8,10-11,13-14H,3-7H2,1-2H3. The maximum absolute atomic E-state index is 4.52.